The fraction of sp³-hybridized carbons (Fsp3) is 0.682. The summed E-state index contributed by atoms with van der Waals surface area (Å²) in [5.74, 6) is 2.26. The highest BCUT2D eigenvalue weighted by atomic mass is 16.5. The third-order valence-corrected chi connectivity index (χ3v) is 5.72. The van der Waals surface area contributed by atoms with Gasteiger partial charge in [0.25, 0.3) is 0 Å². The third kappa shape index (κ3) is 5.53. The molecule has 0 bridgehead atoms. The minimum Gasteiger partial charge on any atom is -0.461 e. The van der Waals surface area contributed by atoms with Gasteiger partial charge in [0, 0.05) is 19.7 Å². The number of hydrogen-bond donors (Lipinski definition) is 0. The Labute approximate surface area is 164 Å². The van der Waals surface area contributed by atoms with Crippen molar-refractivity contribution < 1.29 is 9.53 Å². The Morgan fingerprint density at radius 2 is 2.15 bits per heavy atom. The van der Waals surface area contributed by atoms with Crippen molar-refractivity contribution in [3.63, 3.8) is 0 Å². The van der Waals surface area contributed by atoms with Crippen molar-refractivity contribution in [3.05, 3.63) is 24.0 Å². The number of esters is 1. The zero-order chi connectivity index (χ0) is 20.0. The van der Waals surface area contributed by atoms with Crippen molar-refractivity contribution in [2.45, 2.75) is 66.4 Å². The van der Waals surface area contributed by atoms with E-state index in [-0.39, 0.29) is 18.6 Å². The van der Waals surface area contributed by atoms with E-state index in [1.165, 1.54) is 6.42 Å². The molecule has 0 aromatic carbocycles. The van der Waals surface area contributed by atoms with Crippen LogP contribution in [0.5, 0.6) is 0 Å². The van der Waals surface area contributed by atoms with Crippen LogP contribution < -0.4 is 4.90 Å². The van der Waals surface area contributed by atoms with Crippen molar-refractivity contribution in [3.8, 4) is 0 Å². The summed E-state index contributed by atoms with van der Waals surface area (Å²) in [7, 11) is 1.76. The van der Waals surface area contributed by atoms with E-state index in [1.807, 2.05) is 24.8 Å². The highest BCUT2D eigenvalue weighted by molar-refractivity contribution is 6.01. The molecule has 27 heavy (non-hydrogen) atoms. The van der Waals surface area contributed by atoms with Crippen LogP contribution >= 0.6 is 0 Å². The molecule has 150 valence electrons. The number of aliphatic imine (C=N–C) groups is 1. The van der Waals surface area contributed by atoms with Crippen LogP contribution in [0.15, 0.2) is 23.5 Å². The van der Waals surface area contributed by atoms with E-state index >= 15 is 0 Å². The Hall–Kier alpha value is -1.91. The topological polar surface area (TPSA) is 54.8 Å². The number of hydrogen-bond acceptors (Lipinski definition) is 4. The van der Waals surface area contributed by atoms with Crippen LogP contribution in [0.25, 0.3) is 0 Å². The maximum absolute atomic E-state index is 12.9. The van der Waals surface area contributed by atoms with Crippen LogP contribution in [0, 0.1) is 24.7 Å². The molecule has 0 unspecified atom stereocenters. The Morgan fingerprint density at radius 1 is 1.41 bits per heavy atom. The quantitative estimate of drug-likeness (QED) is 0.414. The van der Waals surface area contributed by atoms with Gasteiger partial charge in [-0.05, 0) is 49.1 Å². The van der Waals surface area contributed by atoms with Gasteiger partial charge in [0.15, 0.2) is 0 Å². The number of rotatable bonds is 6. The largest absolute Gasteiger partial charge is 0.461 e. The van der Waals surface area contributed by atoms with Crippen molar-refractivity contribution >= 4 is 17.5 Å². The van der Waals surface area contributed by atoms with Gasteiger partial charge in [-0.3, -0.25) is 14.8 Å². The van der Waals surface area contributed by atoms with Crippen molar-refractivity contribution in [1.29, 1.82) is 0 Å². The fourth-order valence-electron chi connectivity index (χ4n) is 4.11. The maximum atomic E-state index is 12.9. The van der Waals surface area contributed by atoms with Gasteiger partial charge in [-0.1, -0.05) is 34.1 Å². The molecular formula is C22H35N3O2. The molecule has 0 radical (unpaired) electrons. The molecule has 1 aromatic rings. The number of aryl methyl sites for hydroxylation is 1. The second-order valence-electron chi connectivity index (χ2n) is 8.10. The number of amidine groups is 1. The second kappa shape index (κ2) is 9.86. The Kier molecular flexibility index (Phi) is 7.81. The first-order valence-corrected chi connectivity index (χ1v) is 10.2. The highest BCUT2D eigenvalue weighted by Gasteiger charge is 2.34. The molecule has 1 fully saturated rings. The van der Waals surface area contributed by atoms with Crippen LogP contribution in [0.1, 0.15) is 58.9 Å². The molecule has 1 heterocycles. The van der Waals surface area contributed by atoms with Gasteiger partial charge in [-0.2, -0.15) is 0 Å². The Morgan fingerprint density at radius 3 is 2.74 bits per heavy atom. The van der Waals surface area contributed by atoms with Gasteiger partial charge < -0.3 is 9.64 Å². The van der Waals surface area contributed by atoms with Gasteiger partial charge in [-0.25, -0.2) is 0 Å². The number of ether oxygens (including phenoxy) is 1. The molecule has 1 aliphatic rings. The third-order valence-electron chi connectivity index (χ3n) is 5.72. The lowest BCUT2D eigenvalue weighted by Crippen LogP contribution is -2.41. The SMILES string of the molecule is CC/C(=N\C)N(CC(=O)O[C@@H]1C[C@H](C)CC[C@H]1C(C)C)c1cnccc1C. The van der Waals surface area contributed by atoms with Gasteiger partial charge in [0.1, 0.15) is 18.5 Å². The highest BCUT2D eigenvalue weighted by Crippen LogP contribution is 2.35. The number of carbonyl (C=O) groups excluding carboxylic acids is 1. The molecule has 0 spiro atoms. The van der Waals surface area contributed by atoms with E-state index in [0.717, 1.165) is 36.3 Å². The fourth-order valence-corrected chi connectivity index (χ4v) is 4.11. The predicted octanol–water partition coefficient (Wildman–Crippen LogP) is 4.64. The summed E-state index contributed by atoms with van der Waals surface area (Å²) in [5.41, 5.74) is 1.98. The van der Waals surface area contributed by atoms with Gasteiger partial charge in [-0.15, -0.1) is 0 Å². The zero-order valence-electron chi connectivity index (χ0n) is 17.7. The maximum Gasteiger partial charge on any atom is 0.326 e. The summed E-state index contributed by atoms with van der Waals surface area (Å²) in [6, 6.07) is 1.95. The normalized spacial score (nSPS) is 23.4. The van der Waals surface area contributed by atoms with Crippen LogP contribution in [-0.4, -0.2) is 36.5 Å². The number of aromatic nitrogens is 1. The van der Waals surface area contributed by atoms with E-state index in [0.29, 0.717) is 17.8 Å². The number of carbonyl (C=O) groups is 1. The average Bonchev–Trinajstić information content (AvgIpc) is 2.62. The van der Waals surface area contributed by atoms with E-state index < -0.39 is 0 Å². The standard InChI is InChI=1S/C22H35N3O2/c1-7-21(23-6)25(19-13-24-11-10-17(19)5)14-22(26)27-20-12-16(4)8-9-18(20)15(2)3/h10-11,13,15-16,18,20H,7-9,12,14H2,1-6H3/b23-21+/t16-,18+,20-/m1/s1. The summed E-state index contributed by atoms with van der Waals surface area (Å²) in [6.07, 6.45) is 7.64. The summed E-state index contributed by atoms with van der Waals surface area (Å²) >= 11 is 0. The van der Waals surface area contributed by atoms with Crippen molar-refractivity contribution in [1.82, 2.24) is 4.98 Å². The zero-order valence-corrected chi connectivity index (χ0v) is 17.7. The minimum atomic E-state index is -0.183. The summed E-state index contributed by atoms with van der Waals surface area (Å²) < 4.78 is 6.01. The second-order valence-corrected chi connectivity index (χ2v) is 8.10. The minimum absolute atomic E-state index is 0.0155. The van der Waals surface area contributed by atoms with Crippen LogP contribution in [0.3, 0.4) is 0 Å². The van der Waals surface area contributed by atoms with Crippen molar-refractivity contribution in [2.24, 2.45) is 22.7 Å². The molecule has 3 atom stereocenters. The van der Waals surface area contributed by atoms with Gasteiger partial charge in [0.2, 0.25) is 0 Å². The van der Waals surface area contributed by atoms with Crippen LogP contribution in [-0.2, 0) is 9.53 Å². The number of anilines is 1. The van der Waals surface area contributed by atoms with E-state index in [4.69, 9.17) is 4.74 Å². The van der Waals surface area contributed by atoms with Crippen LogP contribution in [0.4, 0.5) is 5.69 Å². The number of nitrogens with zero attached hydrogens (tertiary/aromatic N) is 3. The van der Waals surface area contributed by atoms with Crippen LogP contribution in [0.2, 0.25) is 0 Å². The number of pyridine rings is 1. The predicted molar refractivity (Wildman–Crippen MR) is 111 cm³/mol. The first-order chi connectivity index (χ1) is 12.9. The lowest BCUT2D eigenvalue weighted by Gasteiger charge is -2.37. The molecular weight excluding hydrogens is 338 g/mol. The van der Waals surface area contributed by atoms with Crippen molar-refractivity contribution in [2.75, 3.05) is 18.5 Å². The molecule has 0 N–H and O–H groups in total. The molecule has 0 amide bonds. The average molecular weight is 374 g/mol. The van der Waals surface area contributed by atoms with E-state index in [9.17, 15) is 4.79 Å². The lowest BCUT2D eigenvalue weighted by molar-refractivity contribution is -0.154. The van der Waals surface area contributed by atoms with E-state index in [2.05, 4.69) is 30.7 Å². The summed E-state index contributed by atoms with van der Waals surface area (Å²) in [4.78, 5) is 23.4. The molecule has 1 aromatic heterocycles. The molecule has 5 nitrogen and oxygen atoms in total. The molecule has 5 heteroatoms. The summed E-state index contributed by atoms with van der Waals surface area (Å²) in [5, 5.41) is 0. The molecule has 2 rings (SSSR count). The lowest BCUT2D eigenvalue weighted by atomic mass is 9.75. The Balaban J connectivity index is 2.17. The van der Waals surface area contributed by atoms with Gasteiger partial charge >= 0.3 is 5.97 Å². The molecule has 0 saturated heterocycles. The Bertz CT molecular complexity index is 657. The first-order valence-electron chi connectivity index (χ1n) is 10.2. The molecule has 1 aliphatic carbocycles. The smallest absolute Gasteiger partial charge is 0.326 e. The summed E-state index contributed by atoms with van der Waals surface area (Å²) in [6.45, 7) is 10.9. The van der Waals surface area contributed by atoms with E-state index in [1.54, 1.807) is 19.4 Å². The first kappa shape index (κ1) is 21.4. The van der Waals surface area contributed by atoms with Gasteiger partial charge in [0.05, 0.1) is 11.9 Å². The monoisotopic (exact) mass is 373 g/mol. The molecule has 1 saturated carbocycles. The molecule has 0 aliphatic heterocycles.